The van der Waals surface area contributed by atoms with Crippen molar-refractivity contribution in [3.05, 3.63) is 0 Å². The second kappa shape index (κ2) is 4.51. The van der Waals surface area contributed by atoms with Crippen molar-refractivity contribution in [3.63, 3.8) is 0 Å². The molecule has 2 fully saturated rings. The molecule has 0 radical (unpaired) electrons. The first-order chi connectivity index (χ1) is 6.81. The molecule has 2 aliphatic heterocycles. The summed E-state index contributed by atoms with van der Waals surface area (Å²) in [4.78, 5) is 13.7. The number of hydrogen-bond acceptors (Lipinski definition) is 5. The molecule has 4 nitrogen and oxygen atoms in total. The summed E-state index contributed by atoms with van der Waals surface area (Å²) < 4.78 is 4.74. The Morgan fingerprint density at radius 2 is 2.50 bits per heavy atom. The fourth-order valence-electron chi connectivity index (χ4n) is 2.00. The largest absolute Gasteiger partial charge is 0.468 e. The minimum absolute atomic E-state index is 0.126. The lowest BCUT2D eigenvalue weighted by molar-refractivity contribution is -0.144. The number of nitrogens with one attached hydrogen (secondary N) is 1. The van der Waals surface area contributed by atoms with Crippen molar-refractivity contribution < 1.29 is 9.53 Å². The molecule has 2 rings (SSSR count). The minimum Gasteiger partial charge on any atom is -0.468 e. The maximum absolute atomic E-state index is 11.3. The third-order valence-electron chi connectivity index (χ3n) is 2.85. The van der Waals surface area contributed by atoms with Gasteiger partial charge in [-0.05, 0) is 0 Å². The van der Waals surface area contributed by atoms with Crippen LogP contribution in [0.25, 0.3) is 0 Å². The molecule has 5 heteroatoms. The van der Waals surface area contributed by atoms with Crippen LogP contribution in [-0.2, 0) is 9.53 Å². The molecule has 1 N–H and O–H groups in total. The monoisotopic (exact) mass is 216 g/mol. The van der Waals surface area contributed by atoms with E-state index < -0.39 is 0 Å². The molecule has 2 saturated heterocycles. The number of rotatable bonds is 1. The van der Waals surface area contributed by atoms with E-state index in [0.717, 1.165) is 19.6 Å². The maximum atomic E-state index is 11.3. The van der Waals surface area contributed by atoms with Crippen molar-refractivity contribution >= 4 is 17.7 Å². The summed E-state index contributed by atoms with van der Waals surface area (Å²) in [7, 11) is 1.45. The van der Waals surface area contributed by atoms with Gasteiger partial charge >= 0.3 is 5.97 Å². The highest BCUT2D eigenvalue weighted by atomic mass is 32.2. The highest BCUT2D eigenvalue weighted by Gasteiger charge is 2.33. The van der Waals surface area contributed by atoms with E-state index in [4.69, 9.17) is 4.74 Å². The van der Waals surface area contributed by atoms with Crippen LogP contribution in [0.1, 0.15) is 0 Å². The Hall–Kier alpha value is -0.260. The first-order valence-electron chi connectivity index (χ1n) is 4.94. The van der Waals surface area contributed by atoms with Gasteiger partial charge in [0.1, 0.15) is 6.04 Å². The van der Waals surface area contributed by atoms with Crippen molar-refractivity contribution in [2.45, 2.75) is 12.1 Å². The topological polar surface area (TPSA) is 41.6 Å². The van der Waals surface area contributed by atoms with Gasteiger partial charge < -0.3 is 10.1 Å². The molecule has 14 heavy (non-hydrogen) atoms. The number of methoxy groups -OCH3 is 1. The van der Waals surface area contributed by atoms with E-state index in [0.29, 0.717) is 6.04 Å². The molecule has 2 aliphatic rings. The number of esters is 1. The Bertz CT molecular complexity index is 225. The predicted molar refractivity (Wildman–Crippen MR) is 56.5 cm³/mol. The number of thioether (sulfide) groups is 1. The normalized spacial score (nSPS) is 33.5. The summed E-state index contributed by atoms with van der Waals surface area (Å²) in [5.41, 5.74) is 0. The van der Waals surface area contributed by atoms with Crippen LogP contribution < -0.4 is 5.32 Å². The Morgan fingerprint density at radius 3 is 3.29 bits per heavy atom. The van der Waals surface area contributed by atoms with Crippen LogP contribution in [0.3, 0.4) is 0 Å². The molecule has 0 bridgehead atoms. The van der Waals surface area contributed by atoms with E-state index in [2.05, 4.69) is 10.2 Å². The molecule has 0 unspecified atom stereocenters. The molecule has 0 aromatic heterocycles. The maximum Gasteiger partial charge on any atom is 0.324 e. The predicted octanol–water partition coefficient (Wildman–Crippen LogP) is -0.451. The van der Waals surface area contributed by atoms with E-state index >= 15 is 0 Å². The van der Waals surface area contributed by atoms with Crippen LogP contribution in [0.2, 0.25) is 0 Å². The zero-order valence-corrected chi connectivity index (χ0v) is 9.18. The van der Waals surface area contributed by atoms with E-state index in [-0.39, 0.29) is 12.0 Å². The summed E-state index contributed by atoms with van der Waals surface area (Å²) in [6.45, 7) is 2.81. The standard InChI is InChI=1S/C9H16N2O2S/c1-13-9(12)8-5-11-2-3-14-6-7(11)4-10-8/h7-8,10H,2-6H2,1H3/t7-,8-/m1/s1. The fourth-order valence-corrected chi connectivity index (χ4v) is 3.13. The number of hydrogen-bond donors (Lipinski definition) is 1. The lowest BCUT2D eigenvalue weighted by Crippen LogP contribution is -2.61. The number of fused-ring (bicyclic) bond motifs is 1. The van der Waals surface area contributed by atoms with Gasteiger partial charge in [-0.3, -0.25) is 9.69 Å². The summed E-state index contributed by atoms with van der Waals surface area (Å²) >= 11 is 2.00. The average molecular weight is 216 g/mol. The molecule has 0 spiro atoms. The number of carbonyl (C=O) groups is 1. The molecule has 0 aromatic rings. The first-order valence-corrected chi connectivity index (χ1v) is 6.09. The number of nitrogens with zero attached hydrogens (tertiary/aromatic N) is 1. The van der Waals surface area contributed by atoms with Crippen molar-refractivity contribution in [2.75, 3.05) is 38.2 Å². The van der Waals surface area contributed by atoms with E-state index in [1.807, 2.05) is 11.8 Å². The summed E-state index contributed by atoms with van der Waals surface area (Å²) in [6, 6.07) is 0.481. The lowest BCUT2D eigenvalue weighted by atomic mass is 10.1. The third kappa shape index (κ3) is 2.04. The van der Waals surface area contributed by atoms with Gasteiger partial charge in [-0.2, -0.15) is 11.8 Å². The highest BCUT2D eigenvalue weighted by Crippen LogP contribution is 2.19. The first kappa shape index (κ1) is 10.3. The van der Waals surface area contributed by atoms with E-state index in [9.17, 15) is 4.79 Å². The Morgan fingerprint density at radius 1 is 1.64 bits per heavy atom. The quantitative estimate of drug-likeness (QED) is 0.601. The van der Waals surface area contributed by atoms with E-state index in [1.54, 1.807) is 0 Å². The molecule has 2 atom stereocenters. The van der Waals surface area contributed by atoms with Crippen molar-refractivity contribution in [3.8, 4) is 0 Å². The molecule has 80 valence electrons. The molecule has 2 heterocycles. The molecular formula is C9H16N2O2S. The van der Waals surface area contributed by atoms with Gasteiger partial charge in [-0.15, -0.1) is 0 Å². The number of carbonyl (C=O) groups excluding carboxylic acids is 1. The second-order valence-corrected chi connectivity index (χ2v) is 4.86. The van der Waals surface area contributed by atoms with Crippen LogP contribution in [0, 0.1) is 0 Å². The van der Waals surface area contributed by atoms with Crippen LogP contribution in [0.4, 0.5) is 0 Å². The molecule has 0 saturated carbocycles. The highest BCUT2D eigenvalue weighted by molar-refractivity contribution is 7.99. The van der Waals surface area contributed by atoms with Gasteiger partial charge in [0.05, 0.1) is 7.11 Å². The SMILES string of the molecule is COC(=O)[C@H]1CN2CCSC[C@H]2CN1. The number of ether oxygens (including phenoxy) is 1. The minimum atomic E-state index is -0.137. The Balaban J connectivity index is 1.92. The summed E-state index contributed by atoms with van der Waals surface area (Å²) in [6.07, 6.45) is 0. The third-order valence-corrected chi connectivity index (χ3v) is 3.94. The van der Waals surface area contributed by atoms with Gasteiger partial charge in [0.25, 0.3) is 0 Å². The lowest BCUT2D eigenvalue weighted by Gasteiger charge is -2.41. The summed E-state index contributed by atoms with van der Waals surface area (Å²) in [5.74, 6) is 2.23. The van der Waals surface area contributed by atoms with Gasteiger partial charge in [0.15, 0.2) is 0 Å². The van der Waals surface area contributed by atoms with Gasteiger partial charge in [0.2, 0.25) is 0 Å². The zero-order chi connectivity index (χ0) is 9.97. The van der Waals surface area contributed by atoms with Crippen LogP contribution in [0.5, 0.6) is 0 Å². The van der Waals surface area contributed by atoms with Gasteiger partial charge in [-0.25, -0.2) is 0 Å². The Kier molecular flexibility index (Phi) is 3.30. The van der Waals surface area contributed by atoms with Crippen LogP contribution >= 0.6 is 11.8 Å². The molecule has 0 aliphatic carbocycles. The molecule has 0 amide bonds. The van der Waals surface area contributed by atoms with Gasteiger partial charge in [-0.1, -0.05) is 0 Å². The van der Waals surface area contributed by atoms with Crippen LogP contribution in [-0.4, -0.2) is 61.2 Å². The fraction of sp³-hybridized carbons (Fsp3) is 0.889. The van der Waals surface area contributed by atoms with Crippen molar-refractivity contribution in [2.24, 2.45) is 0 Å². The average Bonchev–Trinajstić information content (AvgIpc) is 2.27. The molecule has 0 aromatic carbocycles. The summed E-state index contributed by atoms with van der Waals surface area (Å²) in [5, 5.41) is 3.24. The molecular weight excluding hydrogens is 200 g/mol. The smallest absolute Gasteiger partial charge is 0.324 e. The van der Waals surface area contributed by atoms with Crippen molar-refractivity contribution in [1.82, 2.24) is 10.2 Å². The van der Waals surface area contributed by atoms with Gasteiger partial charge in [0, 0.05) is 37.2 Å². The van der Waals surface area contributed by atoms with E-state index in [1.165, 1.54) is 18.6 Å². The van der Waals surface area contributed by atoms with Crippen molar-refractivity contribution in [1.29, 1.82) is 0 Å². The zero-order valence-electron chi connectivity index (χ0n) is 8.36. The number of piperazine rings is 1. The Labute approximate surface area is 88.4 Å². The second-order valence-electron chi connectivity index (χ2n) is 3.71. The van der Waals surface area contributed by atoms with Crippen LogP contribution in [0.15, 0.2) is 0 Å².